The van der Waals surface area contributed by atoms with Crippen molar-refractivity contribution in [3.8, 4) is 0 Å². The molecule has 1 fully saturated rings. The van der Waals surface area contributed by atoms with E-state index in [4.69, 9.17) is 0 Å². The second-order valence-corrected chi connectivity index (χ2v) is 4.94. The molecule has 1 aromatic carbocycles. The van der Waals surface area contributed by atoms with Gasteiger partial charge in [-0.05, 0) is 31.4 Å². The van der Waals surface area contributed by atoms with E-state index in [0.717, 1.165) is 0 Å². The number of hydrogen-bond donors (Lipinski definition) is 1. The van der Waals surface area contributed by atoms with Gasteiger partial charge in [-0.2, -0.15) is 0 Å². The maximum atomic E-state index is 3.68. The van der Waals surface area contributed by atoms with Crippen LogP contribution in [-0.4, -0.2) is 12.6 Å². The van der Waals surface area contributed by atoms with Crippen LogP contribution in [0.3, 0.4) is 0 Å². The average Bonchev–Trinajstić information content (AvgIpc) is 2.75. The normalized spacial score (nSPS) is 29.5. The fourth-order valence-corrected chi connectivity index (χ4v) is 3.38. The van der Waals surface area contributed by atoms with Crippen LogP contribution < -0.4 is 5.32 Å². The van der Waals surface area contributed by atoms with Crippen LogP contribution >= 0.6 is 0 Å². The maximum absolute atomic E-state index is 3.68. The van der Waals surface area contributed by atoms with Crippen LogP contribution in [0.4, 0.5) is 0 Å². The fourth-order valence-electron chi connectivity index (χ4n) is 3.38. The van der Waals surface area contributed by atoms with Gasteiger partial charge >= 0.3 is 0 Å². The molecule has 88 valence electrons. The van der Waals surface area contributed by atoms with E-state index < -0.39 is 0 Å². The summed E-state index contributed by atoms with van der Waals surface area (Å²) in [6.45, 7) is 5.78. The lowest BCUT2D eigenvalue weighted by Crippen LogP contribution is -2.39. The van der Waals surface area contributed by atoms with Crippen molar-refractivity contribution in [2.45, 2.75) is 51.0 Å². The largest absolute Gasteiger partial charge is 0.313 e. The maximum Gasteiger partial charge on any atom is 0.0162 e. The molecule has 0 radical (unpaired) electrons. The molecule has 0 saturated carbocycles. The first-order valence-electron chi connectivity index (χ1n) is 6.62. The van der Waals surface area contributed by atoms with Gasteiger partial charge in [0.25, 0.3) is 0 Å². The molecule has 2 rings (SSSR count). The third-order valence-corrected chi connectivity index (χ3v) is 4.08. The molecule has 1 saturated heterocycles. The van der Waals surface area contributed by atoms with Crippen LogP contribution in [0, 0.1) is 0 Å². The summed E-state index contributed by atoms with van der Waals surface area (Å²) in [5.74, 6) is 0. The predicted octanol–water partition coefficient (Wildman–Crippen LogP) is 3.50. The standard InChI is InChI=1S/C15H23N/c1-3-10-15(11-12-16-14(15)4-2)13-8-6-5-7-9-13/h5-9,14,16H,3-4,10-12H2,1-2H3. The van der Waals surface area contributed by atoms with E-state index in [1.54, 1.807) is 0 Å². The highest BCUT2D eigenvalue weighted by molar-refractivity contribution is 5.29. The predicted molar refractivity (Wildman–Crippen MR) is 69.7 cm³/mol. The Morgan fingerprint density at radius 3 is 2.62 bits per heavy atom. The monoisotopic (exact) mass is 217 g/mol. The zero-order chi connectivity index (χ0) is 11.4. The summed E-state index contributed by atoms with van der Waals surface area (Å²) in [6.07, 6.45) is 5.11. The number of nitrogens with one attached hydrogen (secondary N) is 1. The molecular weight excluding hydrogens is 194 g/mol. The molecule has 1 heterocycles. The molecule has 2 unspecified atom stereocenters. The van der Waals surface area contributed by atoms with Crippen molar-refractivity contribution in [2.24, 2.45) is 0 Å². The number of hydrogen-bond acceptors (Lipinski definition) is 1. The fraction of sp³-hybridized carbons (Fsp3) is 0.600. The lowest BCUT2D eigenvalue weighted by atomic mass is 9.70. The Bertz CT molecular complexity index is 319. The van der Waals surface area contributed by atoms with Gasteiger partial charge in [0, 0.05) is 11.5 Å². The van der Waals surface area contributed by atoms with Crippen LogP contribution in [0.25, 0.3) is 0 Å². The molecule has 0 aromatic heterocycles. The minimum Gasteiger partial charge on any atom is -0.313 e. The van der Waals surface area contributed by atoms with Gasteiger partial charge in [-0.15, -0.1) is 0 Å². The van der Waals surface area contributed by atoms with Gasteiger partial charge in [0.15, 0.2) is 0 Å². The topological polar surface area (TPSA) is 12.0 Å². The first-order chi connectivity index (χ1) is 7.83. The highest BCUT2D eigenvalue weighted by Crippen LogP contribution is 2.40. The van der Waals surface area contributed by atoms with Crippen LogP contribution in [0.2, 0.25) is 0 Å². The minimum atomic E-state index is 0.394. The molecule has 1 aliphatic heterocycles. The molecule has 0 amide bonds. The van der Waals surface area contributed by atoms with Gasteiger partial charge in [0.05, 0.1) is 0 Å². The summed E-state index contributed by atoms with van der Waals surface area (Å²) in [5.41, 5.74) is 1.93. The molecule has 2 atom stereocenters. The number of benzene rings is 1. The van der Waals surface area contributed by atoms with Crippen molar-refractivity contribution in [2.75, 3.05) is 6.54 Å². The third kappa shape index (κ3) is 1.89. The van der Waals surface area contributed by atoms with Gasteiger partial charge < -0.3 is 5.32 Å². The summed E-state index contributed by atoms with van der Waals surface area (Å²) in [6, 6.07) is 11.8. The van der Waals surface area contributed by atoms with Crippen molar-refractivity contribution in [3.63, 3.8) is 0 Å². The van der Waals surface area contributed by atoms with E-state index >= 15 is 0 Å². The van der Waals surface area contributed by atoms with Crippen LogP contribution in [0.1, 0.15) is 45.1 Å². The Morgan fingerprint density at radius 2 is 2.00 bits per heavy atom. The Kier molecular flexibility index (Phi) is 3.65. The first kappa shape index (κ1) is 11.7. The Morgan fingerprint density at radius 1 is 1.25 bits per heavy atom. The van der Waals surface area contributed by atoms with E-state index in [9.17, 15) is 0 Å². The van der Waals surface area contributed by atoms with E-state index in [1.807, 2.05) is 0 Å². The first-order valence-corrected chi connectivity index (χ1v) is 6.62. The molecule has 1 heteroatoms. The van der Waals surface area contributed by atoms with Crippen molar-refractivity contribution in [1.29, 1.82) is 0 Å². The zero-order valence-electron chi connectivity index (χ0n) is 10.5. The summed E-state index contributed by atoms with van der Waals surface area (Å²) in [4.78, 5) is 0. The Hall–Kier alpha value is -0.820. The van der Waals surface area contributed by atoms with Crippen molar-refractivity contribution in [1.82, 2.24) is 5.32 Å². The highest BCUT2D eigenvalue weighted by atomic mass is 15.0. The summed E-state index contributed by atoms with van der Waals surface area (Å²) in [5, 5.41) is 3.68. The molecule has 1 aliphatic rings. The highest BCUT2D eigenvalue weighted by Gasteiger charge is 2.41. The molecule has 0 aliphatic carbocycles. The quantitative estimate of drug-likeness (QED) is 0.814. The Balaban J connectivity index is 2.35. The summed E-state index contributed by atoms with van der Waals surface area (Å²) in [7, 11) is 0. The van der Waals surface area contributed by atoms with Crippen molar-refractivity contribution >= 4 is 0 Å². The van der Waals surface area contributed by atoms with Crippen molar-refractivity contribution < 1.29 is 0 Å². The number of rotatable bonds is 4. The second-order valence-electron chi connectivity index (χ2n) is 4.94. The molecule has 0 spiro atoms. The molecule has 16 heavy (non-hydrogen) atoms. The lowest BCUT2D eigenvalue weighted by Gasteiger charge is -2.35. The van der Waals surface area contributed by atoms with E-state index in [1.165, 1.54) is 37.8 Å². The SMILES string of the molecule is CCCC1(c2ccccc2)CCNC1CC. The van der Waals surface area contributed by atoms with Crippen LogP contribution in [0.5, 0.6) is 0 Å². The van der Waals surface area contributed by atoms with E-state index in [2.05, 4.69) is 49.5 Å². The van der Waals surface area contributed by atoms with E-state index in [-0.39, 0.29) is 0 Å². The molecule has 1 N–H and O–H groups in total. The van der Waals surface area contributed by atoms with Gasteiger partial charge in [-0.3, -0.25) is 0 Å². The molecular formula is C15H23N. The zero-order valence-corrected chi connectivity index (χ0v) is 10.5. The molecule has 0 bridgehead atoms. The van der Waals surface area contributed by atoms with Gasteiger partial charge in [-0.1, -0.05) is 50.6 Å². The van der Waals surface area contributed by atoms with Crippen molar-refractivity contribution in [3.05, 3.63) is 35.9 Å². The van der Waals surface area contributed by atoms with Gasteiger partial charge in [0.1, 0.15) is 0 Å². The second kappa shape index (κ2) is 5.01. The minimum absolute atomic E-state index is 0.394. The lowest BCUT2D eigenvalue weighted by molar-refractivity contribution is 0.331. The third-order valence-electron chi connectivity index (χ3n) is 4.08. The Labute approximate surface area is 99.3 Å². The van der Waals surface area contributed by atoms with Gasteiger partial charge in [0.2, 0.25) is 0 Å². The van der Waals surface area contributed by atoms with E-state index in [0.29, 0.717) is 11.5 Å². The molecule has 1 aromatic rings. The van der Waals surface area contributed by atoms with Crippen LogP contribution in [0.15, 0.2) is 30.3 Å². The summed E-state index contributed by atoms with van der Waals surface area (Å²) >= 11 is 0. The molecule has 1 nitrogen and oxygen atoms in total. The van der Waals surface area contributed by atoms with Gasteiger partial charge in [-0.25, -0.2) is 0 Å². The average molecular weight is 217 g/mol. The summed E-state index contributed by atoms with van der Waals surface area (Å²) < 4.78 is 0. The van der Waals surface area contributed by atoms with Crippen LogP contribution in [-0.2, 0) is 5.41 Å². The smallest absolute Gasteiger partial charge is 0.0162 e.